The molecule has 0 spiro atoms. The van der Waals surface area contributed by atoms with Gasteiger partial charge in [-0.15, -0.1) is 22.7 Å². The van der Waals surface area contributed by atoms with Gasteiger partial charge >= 0.3 is 5.97 Å². The van der Waals surface area contributed by atoms with Crippen LogP contribution in [0.15, 0.2) is 11.6 Å². The third kappa shape index (κ3) is 2.85. The van der Waals surface area contributed by atoms with Crippen molar-refractivity contribution in [1.29, 1.82) is 0 Å². The first-order valence-corrected chi connectivity index (χ1v) is 7.11. The van der Waals surface area contributed by atoms with Gasteiger partial charge in [0, 0.05) is 28.9 Å². The Labute approximate surface area is 113 Å². The zero-order chi connectivity index (χ0) is 13.1. The Morgan fingerprint density at radius 2 is 2.39 bits per heavy atom. The number of hydrogen-bond acceptors (Lipinski definition) is 6. The summed E-state index contributed by atoms with van der Waals surface area (Å²) in [6.45, 7) is 4.53. The van der Waals surface area contributed by atoms with Gasteiger partial charge in [0.2, 0.25) is 0 Å². The molecule has 2 aromatic rings. The molecule has 2 rings (SSSR count). The Morgan fingerprint density at radius 3 is 2.94 bits per heavy atom. The van der Waals surface area contributed by atoms with Gasteiger partial charge in [-0.2, -0.15) is 0 Å². The van der Waals surface area contributed by atoms with E-state index in [9.17, 15) is 4.79 Å². The molecule has 0 amide bonds. The van der Waals surface area contributed by atoms with Crippen LogP contribution in [0.3, 0.4) is 0 Å². The Hall–Kier alpha value is -1.47. The standard InChI is InChI=1S/C11H13N3O2S2/c1-6(9-12-3-4-17-9)5-13-11-14-8(10(15)16)7(2)18-11/h3-4,6H,5H2,1-2H3,(H,13,14)(H,15,16). The number of aromatic nitrogens is 2. The predicted molar refractivity (Wildman–Crippen MR) is 72.8 cm³/mol. The normalized spacial score (nSPS) is 12.3. The van der Waals surface area contributed by atoms with Crippen LogP contribution in [-0.4, -0.2) is 27.6 Å². The largest absolute Gasteiger partial charge is 0.476 e. The number of carboxylic acid groups (broad SMARTS) is 1. The van der Waals surface area contributed by atoms with Gasteiger partial charge in [-0.1, -0.05) is 6.92 Å². The maximum absolute atomic E-state index is 10.9. The van der Waals surface area contributed by atoms with E-state index in [4.69, 9.17) is 5.11 Å². The number of hydrogen-bond donors (Lipinski definition) is 2. The Bertz CT molecular complexity index is 536. The van der Waals surface area contributed by atoms with E-state index in [-0.39, 0.29) is 11.6 Å². The maximum Gasteiger partial charge on any atom is 0.355 e. The molecular weight excluding hydrogens is 270 g/mol. The number of thiazole rings is 2. The molecule has 0 saturated carbocycles. The van der Waals surface area contributed by atoms with Gasteiger partial charge in [0.25, 0.3) is 0 Å². The van der Waals surface area contributed by atoms with Crippen molar-refractivity contribution in [2.24, 2.45) is 0 Å². The molecular formula is C11H13N3O2S2. The molecule has 2 heterocycles. The second kappa shape index (κ2) is 5.45. The highest BCUT2D eigenvalue weighted by Crippen LogP contribution is 2.24. The van der Waals surface area contributed by atoms with Gasteiger partial charge < -0.3 is 10.4 Å². The van der Waals surface area contributed by atoms with Crippen molar-refractivity contribution in [2.75, 3.05) is 11.9 Å². The summed E-state index contributed by atoms with van der Waals surface area (Å²) in [5.41, 5.74) is 0.129. The fraction of sp³-hybridized carbons (Fsp3) is 0.364. The Morgan fingerprint density at radius 1 is 1.61 bits per heavy atom. The molecule has 0 bridgehead atoms. The van der Waals surface area contributed by atoms with E-state index in [1.807, 2.05) is 5.38 Å². The molecule has 0 radical (unpaired) electrons. The maximum atomic E-state index is 10.9. The number of anilines is 1. The highest BCUT2D eigenvalue weighted by atomic mass is 32.1. The van der Waals surface area contributed by atoms with Gasteiger partial charge in [-0.05, 0) is 6.92 Å². The third-order valence-corrected chi connectivity index (χ3v) is 4.37. The number of nitrogens with one attached hydrogen (secondary N) is 1. The summed E-state index contributed by atoms with van der Waals surface area (Å²) in [6, 6.07) is 0. The zero-order valence-corrected chi connectivity index (χ0v) is 11.6. The van der Waals surface area contributed by atoms with E-state index < -0.39 is 5.97 Å². The first-order chi connectivity index (χ1) is 8.58. The van der Waals surface area contributed by atoms with Gasteiger partial charge in [0.1, 0.15) is 0 Å². The Balaban J connectivity index is 1.98. The average molecular weight is 283 g/mol. The van der Waals surface area contributed by atoms with E-state index in [1.54, 1.807) is 24.5 Å². The number of aromatic carboxylic acids is 1. The van der Waals surface area contributed by atoms with Crippen LogP contribution in [-0.2, 0) is 0 Å². The highest BCUT2D eigenvalue weighted by Gasteiger charge is 2.15. The quantitative estimate of drug-likeness (QED) is 0.882. The summed E-state index contributed by atoms with van der Waals surface area (Å²) in [4.78, 5) is 19.9. The van der Waals surface area contributed by atoms with Crippen molar-refractivity contribution in [3.63, 3.8) is 0 Å². The first kappa shape index (κ1) is 13.0. The molecule has 2 N–H and O–H groups in total. The molecule has 0 aromatic carbocycles. The number of rotatable bonds is 5. The molecule has 0 aliphatic carbocycles. The number of aryl methyl sites for hydroxylation is 1. The Kier molecular flexibility index (Phi) is 3.93. The van der Waals surface area contributed by atoms with Crippen LogP contribution in [0.4, 0.5) is 5.13 Å². The van der Waals surface area contributed by atoms with E-state index >= 15 is 0 Å². The van der Waals surface area contributed by atoms with E-state index in [0.29, 0.717) is 16.6 Å². The molecule has 18 heavy (non-hydrogen) atoms. The zero-order valence-electron chi connectivity index (χ0n) is 10.0. The fourth-order valence-corrected chi connectivity index (χ4v) is 2.99. The molecule has 1 unspecified atom stereocenters. The minimum absolute atomic E-state index is 0.129. The summed E-state index contributed by atoms with van der Waals surface area (Å²) in [5.74, 6) is -0.702. The molecule has 7 heteroatoms. The predicted octanol–water partition coefficient (Wildman–Crippen LogP) is 2.82. The van der Waals surface area contributed by atoms with Gasteiger partial charge in [-0.25, -0.2) is 14.8 Å². The summed E-state index contributed by atoms with van der Waals surface area (Å²) in [7, 11) is 0. The summed E-state index contributed by atoms with van der Waals surface area (Å²) >= 11 is 2.98. The van der Waals surface area contributed by atoms with Crippen LogP contribution in [0.2, 0.25) is 0 Å². The van der Waals surface area contributed by atoms with Gasteiger partial charge in [-0.3, -0.25) is 0 Å². The number of carbonyl (C=O) groups is 1. The van der Waals surface area contributed by atoms with Crippen LogP contribution < -0.4 is 5.32 Å². The second-order valence-electron chi connectivity index (χ2n) is 3.88. The first-order valence-electron chi connectivity index (χ1n) is 5.42. The lowest BCUT2D eigenvalue weighted by Gasteiger charge is -2.08. The smallest absolute Gasteiger partial charge is 0.355 e. The number of nitrogens with zero attached hydrogens (tertiary/aromatic N) is 2. The minimum atomic E-state index is -0.982. The molecule has 2 aromatic heterocycles. The molecule has 0 aliphatic heterocycles. The van der Waals surface area contributed by atoms with Crippen molar-refractivity contribution in [2.45, 2.75) is 19.8 Å². The van der Waals surface area contributed by atoms with Crippen molar-refractivity contribution in [3.8, 4) is 0 Å². The van der Waals surface area contributed by atoms with E-state index in [2.05, 4.69) is 22.2 Å². The fourth-order valence-electron chi connectivity index (χ4n) is 1.48. The van der Waals surface area contributed by atoms with Gasteiger partial charge in [0.05, 0.1) is 5.01 Å². The van der Waals surface area contributed by atoms with Crippen molar-refractivity contribution < 1.29 is 9.90 Å². The summed E-state index contributed by atoms with van der Waals surface area (Å²) in [6.07, 6.45) is 1.78. The SMILES string of the molecule is Cc1sc(NCC(C)c2nccs2)nc1C(=O)O. The van der Waals surface area contributed by atoms with Crippen LogP contribution in [0.1, 0.15) is 33.2 Å². The van der Waals surface area contributed by atoms with Crippen LogP contribution in [0.25, 0.3) is 0 Å². The topological polar surface area (TPSA) is 75.1 Å². The third-order valence-electron chi connectivity index (χ3n) is 2.43. The lowest BCUT2D eigenvalue weighted by Crippen LogP contribution is -2.09. The molecule has 0 saturated heterocycles. The van der Waals surface area contributed by atoms with Crippen molar-refractivity contribution in [3.05, 3.63) is 27.2 Å². The summed E-state index contributed by atoms with van der Waals surface area (Å²) in [5, 5.41) is 15.7. The lowest BCUT2D eigenvalue weighted by molar-refractivity contribution is 0.0690. The second-order valence-corrected chi connectivity index (χ2v) is 6.01. The minimum Gasteiger partial charge on any atom is -0.476 e. The van der Waals surface area contributed by atoms with Crippen LogP contribution in [0, 0.1) is 6.92 Å². The molecule has 5 nitrogen and oxygen atoms in total. The van der Waals surface area contributed by atoms with E-state index in [1.165, 1.54) is 11.3 Å². The molecule has 0 fully saturated rings. The number of carboxylic acids is 1. The van der Waals surface area contributed by atoms with E-state index in [0.717, 1.165) is 5.01 Å². The lowest BCUT2D eigenvalue weighted by atomic mass is 10.2. The van der Waals surface area contributed by atoms with Gasteiger partial charge in [0.15, 0.2) is 10.8 Å². The van der Waals surface area contributed by atoms with Crippen LogP contribution >= 0.6 is 22.7 Å². The highest BCUT2D eigenvalue weighted by molar-refractivity contribution is 7.15. The molecule has 1 atom stereocenters. The molecule has 96 valence electrons. The van der Waals surface area contributed by atoms with Crippen molar-refractivity contribution in [1.82, 2.24) is 9.97 Å². The average Bonchev–Trinajstić information content (AvgIpc) is 2.94. The van der Waals surface area contributed by atoms with Crippen LogP contribution in [0.5, 0.6) is 0 Å². The summed E-state index contributed by atoms with van der Waals surface area (Å²) < 4.78 is 0. The monoisotopic (exact) mass is 283 g/mol. The van der Waals surface area contributed by atoms with Crippen molar-refractivity contribution >= 4 is 33.8 Å². The molecule has 0 aliphatic rings.